The first-order chi connectivity index (χ1) is 12.4. The molecule has 1 amide bonds. The molecule has 0 fully saturated rings. The van der Waals surface area contributed by atoms with Crippen LogP contribution in [0.1, 0.15) is 38.3 Å². The fraction of sp³-hybridized carbons (Fsp3) is 0.238. The van der Waals surface area contributed by atoms with Crippen molar-refractivity contribution < 1.29 is 4.79 Å². The van der Waals surface area contributed by atoms with E-state index in [4.69, 9.17) is 11.6 Å². The summed E-state index contributed by atoms with van der Waals surface area (Å²) in [7, 11) is 0. The standard InChI is InChI=1S/C21H22ClN3O/c1-14-4-8-17(9-5-14)12-23-21(26)19-16(3)24-25(20(19)22)13-18-10-6-15(2)7-11-18/h4-11H,12-13H2,1-3H3,(H,23,26). The average molecular weight is 368 g/mol. The van der Waals surface area contributed by atoms with Crippen molar-refractivity contribution in [3.8, 4) is 0 Å². The van der Waals surface area contributed by atoms with Gasteiger partial charge in [-0.3, -0.25) is 4.79 Å². The smallest absolute Gasteiger partial charge is 0.256 e. The zero-order valence-electron chi connectivity index (χ0n) is 15.2. The molecule has 1 N–H and O–H groups in total. The van der Waals surface area contributed by atoms with E-state index in [1.54, 1.807) is 11.6 Å². The van der Waals surface area contributed by atoms with Gasteiger partial charge >= 0.3 is 0 Å². The Labute approximate surface area is 158 Å². The summed E-state index contributed by atoms with van der Waals surface area (Å²) >= 11 is 6.45. The SMILES string of the molecule is Cc1ccc(CNC(=O)c2c(C)nn(Cc3ccc(C)cc3)c2Cl)cc1. The van der Waals surface area contributed by atoms with Crippen LogP contribution in [-0.2, 0) is 13.1 Å². The second kappa shape index (κ2) is 7.75. The minimum atomic E-state index is -0.205. The van der Waals surface area contributed by atoms with Crippen molar-refractivity contribution in [1.29, 1.82) is 0 Å². The second-order valence-corrected chi connectivity index (χ2v) is 6.92. The fourth-order valence-corrected chi connectivity index (χ4v) is 3.08. The van der Waals surface area contributed by atoms with Crippen LogP contribution in [0.2, 0.25) is 5.15 Å². The Hall–Kier alpha value is -2.59. The van der Waals surface area contributed by atoms with Crippen molar-refractivity contribution in [2.75, 3.05) is 0 Å². The van der Waals surface area contributed by atoms with E-state index in [1.807, 2.05) is 50.2 Å². The molecule has 3 aromatic rings. The van der Waals surface area contributed by atoms with E-state index < -0.39 is 0 Å². The monoisotopic (exact) mass is 367 g/mol. The Morgan fingerprint density at radius 1 is 0.962 bits per heavy atom. The highest BCUT2D eigenvalue weighted by atomic mass is 35.5. The van der Waals surface area contributed by atoms with Gasteiger partial charge in [0.05, 0.1) is 17.8 Å². The molecule has 0 aliphatic rings. The molecule has 0 saturated heterocycles. The van der Waals surface area contributed by atoms with Crippen LogP contribution >= 0.6 is 11.6 Å². The highest BCUT2D eigenvalue weighted by Gasteiger charge is 2.20. The Kier molecular flexibility index (Phi) is 5.43. The zero-order chi connectivity index (χ0) is 18.7. The van der Waals surface area contributed by atoms with Gasteiger partial charge < -0.3 is 5.32 Å². The number of benzene rings is 2. The number of aromatic nitrogens is 2. The Balaban J connectivity index is 1.73. The molecule has 26 heavy (non-hydrogen) atoms. The second-order valence-electron chi connectivity index (χ2n) is 6.56. The molecule has 0 atom stereocenters. The molecule has 4 nitrogen and oxygen atoms in total. The molecule has 0 unspecified atom stereocenters. The highest BCUT2D eigenvalue weighted by Crippen LogP contribution is 2.21. The summed E-state index contributed by atoms with van der Waals surface area (Å²) < 4.78 is 1.67. The third-order valence-corrected chi connectivity index (χ3v) is 4.70. The van der Waals surface area contributed by atoms with Crippen LogP contribution in [0.4, 0.5) is 0 Å². The molecule has 5 heteroatoms. The van der Waals surface area contributed by atoms with Gasteiger partial charge in [0.15, 0.2) is 0 Å². The van der Waals surface area contributed by atoms with Crippen molar-refractivity contribution in [2.24, 2.45) is 0 Å². The first kappa shape index (κ1) is 18.2. The summed E-state index contributed by atoms with van der Waals surface area (Å²) in [5.74, 6) is -0.205. The van der Waals surface area contributed by atoms with Crippen molar-refractivity contribution >= 4 is 17.5 Å². The molecule has 0 aliphatic carbocycles. The molecule has 1 heterocycles. The molecular formula is C21H22ClN3O. The Bertz CT molecular complexity index is 912. The van der Waals surface area contributed by atoms with Gasteiger partial charge in [-0.2, -0.15) is 5.10 Å². The molecule has 0 aliphatic heterocycles. The van der Waals surface area contributed by atoms with Crippen molar-refractivity contribution in [2.45, 2.75) is 33.9 Å². The van der Waals surface area contributed by atoms with Crippen molar-refractivity contribution in [1.82, 2.24) is 15.1 Å². The molecule has 134 valence electrons. The predicted octanol–water partition coefficient (Wildman–Crippen LogP) is 4.44. The first-order valence-electron chi connectivity index (χ1n) is 8.56. The molecule has 0 spiro atoms. The van der Waals surface area contributed by atoms with Crippen molar-refractivity contribution in [3.05, 3.63) is 87.2 Å². The average Bonchev–Trinajstić information content (AvgIpc) is 2.90. The third kappa shape index (κ3) is 4.14. The summed E-state index contributed by atoms with van der Waals surface area (Å²) in [5, 5.41) is 7.73. The van der Waals surface area contributed by atoms with Crippen LogP contribution in [0.3, 0.4) is 0 Å². The lowest BCUT2D eigenvalue weighted by Crippen LogP contribution is -2.23. The Morgan fingerprint density at radius 2 is 1.50 bits per heavy atom. The van der Waals surface area contributed by atoms with E-state index in [1.165, 1.54) is 11.1 Å². The van der Waals surface area contributed by atoms with Gasteiger partial charge in [-0.1, -0.05) is 71.3 Å². The lowest BCUT2D eigenvalue weighted by molar-refractivity contribution is 0.0950. The number of amides is 1. The molecular weight excluding hydrogens is 346 g/mol. The minimum Gasteiger partial charge on any atom is -0.348 e. The molecule has 1 aromatic heterocycles. The van der Waals surface area contributed by atoms with Crippen LogP contribution in [0.15, 0.2) is 48.5 Å². The fourth-order valence-electron chi connectivity index (χ4n) is 2.76. The van der Waals surface area contributed by atoms with E-state index in [2.05, 4.69) is 22.5 Å². The molecule has 2 aromatic carbocycles. The summed E-state index contributed by atoms with van der Waals surface area (Å²) in [6.45, 7) is 6.88. The predicted molar refractivity (Wildman–Crippen MR) is 105 cm³/mol. The maximum absolute atomic E-state index is 12.6. The number of nitrogens with one attached hydrogen (secondary N) is 1. The van der Waals surface area contributed by atoms with E-state index >= 15 is 0 Å². The van der Waals surface area contributed by atoms with Crippen LogP contribution < -0.4 is 5.32 Å². The number of hydrogen-bond acceptors (Lipinski definition) is 2. The number of halogens is 1. The van der Waals surface area contributed by atoms with Crippen LogP contribution in [0.25, 0.3) is 0 Å². The van der Waals surface area contributed by atoms with Gasteiger partial charge in [-0.25, -0.2) is 4.68 Å². The minimum absolute atomic E-state index is 0.205. The number of hydrogen-bond donors (Lipinski definition) is 1. The largest absolute Gasteiger partial charge is 0.348 e. The number of carbonyl (C=O) groups is 1. The van der Waals surface area contributed by atoms with Crippen LogP contribution in [0.5, 0.6) is 0 Å². The number of nitrogens with zero attached hydrogens (tertiary/aromatic N) is 2. The van der Waals surface area contributed by atoms with Gasteiger partial charge in [-0.15, -0.1) is 0 Å². The maximum Gasteiger partial charge on any atom is 0.256 e. The summed E-state index contributed by atoms with van der Waals surface area (Å²) in [4.78, 5) is 12.6. The lowest BCUT2D eigenvalue weighted by atomic mass is 10.1. The van der Waals surface area contributed by atoms with Gasteiger partial charge in [0.1, 0.15) is 5.15 Å². The normalized spacial score (nSPS) is 10.8. The van der Waals surface area contributed by atoms with Gasteiger partial charge in [0.2, 0.25) is 0 Å². The molecule has 0 saturated carbocycles. The highest BCUT2D eigenvalue weighted by molar-refractivity contribution is 6.33. The molecule has 0 bridgehead atoms. The van der Waals surface area contributed by atoms with E-state index in [0.717, 1.165) is 11.1 Å². The van der Waals surface area contributed by atoms with E-state index in [-0.39, 0.29) is 5.91 Å². The zero-order valence-corrected chi connectivity index (χ0v) is 16.0. The van der Waals surface area contributed by atoms with Crippen LogP contribution in [0, 0.1) is 20.8 Å². The lowest BCUT2D eigenvalue weighted by Gasteiger charge is -2.07. The van der Waals surface area contributed by atoms with Gasteiger partial charge in [0, 0.05) is 6.54 Å². The summed E-state index contributed by atoms with van der Waals surface area (Å²) in [6.07, 6.45) is 0. The quantitative estimate of drug-likeness (QED) is 0.724. The number of rotatable bonds is 5. The van der Waals surface area contributed by atoms with Gasteiger partial charge in [-0.05, 0) is 31.9 Å². The molecule has 3 rings (SSSR count). The summed E-state index contributed by atoms with van der Waals surface area (Å²) in [6, 6.07) is 16.2. The third-order valence-electron chi connectivity index (χ3n) is 4.32. The first-order valence-corrected chi connectivity index (χ1v) is 8.94. The van der Waals surface area contributed by atoms with Crippen LogP contribution in [-0.4, -0.2) is 15.7 Å². The van der Waals surface area contributed by atoms with E-state index in [9.17, 15) is 4.79 Å². The topological polar surface area (TPSA) is 46.9 Å². The Morgan fingerprint density at radius 3 is 2.08 bits per heavy atom. The summed E-state index contributed by atoms with van der Waals surface area (Å²) in [5.41, 5.74) is 5.59. The number of carbonyl (C=O) groups excluding carboxylic acids is 1. The molecule has 0 radical (unpaired) electrons. The van der Waals surface area contributed by atoms with Gasteiger partial charge in [0.25, 0.3) is 5.91 Å². The number of aryl methyl sites for hydroxylation is 3. The maximum atomic E-state index is 12.6. The van der Waals surface area contributed by atoms with E-state index in [0.29, 0.717) is 29.5 Å². The van der Waals surface area contributed by atoms with Crippen molar-refractivity contribution in [3.63, 3.8) is 0 Å².